The van der Waals surface area contributed by atoms with Crippen LogP contribution in [-0.2, 0) is 4.79 Å². The molecule has 1 unspecified atom stereocenters. The molecule has 106 valence electrons. The number of thioether (sulfide) groups is 1. The normalized spacial score (nSPS) is 12.5. The topological polar surface area (TPSA) is 55.1 Å². The monoisotopic (exact) mass is 280 g/mol. The fourth-order valence-electron chi connectivity index (χ4n) is 1.58. The highest BCUT2D eigenvalue weighted by Crippen LogP contribution is 2.17. The molecule has 19 heavy (non-hydrogen) atoms. The highest BCUT2D eigenvalue weighted by molar-refractivity contribution is 7.99. The molecule has 0 aliphatic heterocycles. The molecule has 1 atom stereocenters. The van der Waals surface area contributed by atoms with Gasteiger partial charge in [-0.25, -0.2) is 0 Å². The van der Waals surface area contributed by atoms with E-state index in [1.807, 2.05) is 19.1 Å². The van der Waals surface area contributed by atoms with Crippen molar-refractivity contribution < 1.29 is 4.79 Å². The van der Waals surface area contributed by atoms with Gasteiger partial charge in [-0.15, -0.1) is 0 Å². The van der Waals surface area contributed by atoms with Gasteiger partial charge >= 0.3 is 0 Å². The molecule has 4 heteroatoms. The fraction of sp³-hybridized carbons (Fsp3) is 0.533. The second-order valence-corrected chi connectivity index (χ2v) is 6.25. The van der Waals surface area contributed by atoms with Crippen LogP contribution in [0.2, 0.25) is 0 Å². The van der Waals surface area contributed by atoms with E-state index in [1.165, 1.54) is 5.56 Å². The first-order chi connectivity index (χ1) is 8.99. The maximum atomic E-state index is 11.7. The number of amides is 1. The third-order valence-electron chi connectivity index (χ3n) is 2.81. The number of rotatable bonds is 7. The van der Waals surface area contributed by atoms with Gasteiger partial charge in [-0.3, -0.25) is 4.79 Å². The van der Waals surface area contributed by atoms with Gasteiger partial charge < -0.3 is 11.1 Å². The SMILES string of the molecule is CC(N)CCSCC(=O)Nc1ccc(C(C)C)cc1. The van der Waals surface area contributed by atoms with Crippen molar-refractivity contribution in [3.63, 3.8) is 0 Å². The average molecular weight is 280 g/mol. The molecular weight excluding hydrogens is 256 g/mol. The van der Waals surface area contributed by atoms with Gasteiger partial charge in [0.15, 0.2) is 0 Å². The van der Waals surface area contributed by atoms with E-state index in [0.717, 1.165) is 17.9 Å². The van der Waals surface area contributed by atoms with Crippen molar-refractivity contribution in [1.82, 2.24) is 0 Å². The summed E-state index contributed by atoms with van der Waals surface area (Å²) < 4.78 is 0. The summed E-state index contributed by atoms with van der Waals surface area (Å²) in [5.41, 5.74) is 7.80. The molecule has 1 rings (SSSR count). The number of carbonyl (C=O) groups is 1. The lowest BCUT2D eigenvalue weighted by Gasteiger charge is -2.08. The van der Waals surface area contributed by atoms with Gasteiger partial charge in [0.05, 0.1) is 5.75 Å². The van der Waals surface area contributed by atoms with E-state index in [-0.39, 0.29) is 11.9 Å². The highest BCUT2D eigenvalue weighted by Gasteiger charge is 2.04. The molecule has 0 fully saturated rings. The number of anilines is 1. The first-order valence-corrected chi connectivity index (χ1v) is 7.87. The number of nitrogens with two attached hydrogens (primary N) is 1. The fourth-order valence-corrected chi connectivity index (χ4v) is 2.52. The van der Waals surface area contributed by atoms with Gasteiger partial charge in [-0.05, 0) is 42.7 Å². The van der Waals surface area contributed by atoms with Crippen LogP contribution in [-0.4, -0.2) is 23.5 Å². The van der Waals surface area contributed by atoms with E-state index >= 15 is 0 Å². The van der Waals surface area contributed by atoms with E-state index in [1.54, 1.807) is 11.8 Å². The lowest BCUT2D eigenvalue weighted by atomic mass is 10.0. The predicted molar refractivity (Wildman–Crippen MR) is 84.8 cm³/mol. The van der Waals surface area contributed by atoms with Crippen molar-refractivity contribution in [3.05, 3.63) is 29.8 Å². The van der Waals surface area contributed by atoms with Crippen LogP contribution in [0, 0.1) is 0 Å². The summed E-state index contributed by atoms with van der Waals surface area (Å²) in [6.07, 6.45) is 0.945. The molecule has 0 saturated carbocycles. The van der Waals surface area contributed by atoms with Crippen LogP contribution in [0.4, 0.5) is 5.69 Å². The first kappa shape index (κ1) is 16.1. The molecule has 1 aromatic carbocycles. The zero-order valence-electron chi connectivity index (χ0n) is 12.0. The molecule has 0 spiro atoms. The Morgan fingerprint density at radius 1 is 1.26 bits per heavy atom. The van der Waals surface area contributed by atoms with Crippen LogP contribution in [0.5, 0.6) is 0 Å². The molecule has 0 aliphatic rings. The summed E-state index contributed by atoms with van der Waals surface area (Å²) in [5, 5.41) is 2.91. The van der Waals surface area contributed by atoms with Crippen molar-refractivity contribution in [2.45, 2.75) is 39.2 Å². The summed E-state index contributed by atoms with van der Waals surface area (Å²) in [6.45, 7) is 6.29. The Morgan fingerprint density at radius 2 is 1.89 bits per heavy atom. The Labute approximate surface area is 120 Å². The average Bonchev–Trinajstić information content (AvgIpc) is 2.35. The number of nitrogens with one attached hydrogen (secondary N) is 1. The maximum absolute atomic E-state index is 11.7. The Bertz CT molecular complexity index is 388. The molecule has 0 aromatic heterocycles. The molecule has 3 nitrogen and oxygen atoms in total. The Hall–Kier alpha value is -1.00. The number of hydrogen-bond donors (Lipinski definition) is 2. The number of carbonyl (C=O) groups excluding carboxylic acids is 1. The van der Waals surface area contributed by atoms with Crippen LogP contribution in [0.3, 0.4) is 0 Å². The van der Waals surface area contributed by atoms with Gasteiger partial charge in [0.1, 0.15) is 0 Å². The van der Waals surface area contributed by atoms with Crippen molar-refractivity contribution >= 4 is 23.4 Å². The van der Waals surface area contributed by atoms with Crippen LogP contribution in [0.15, 0.2) is 24.3 Å². The predicted octanol–water partition coefficient (Wildman–Crippen LogP) is 3.22. The largest absolute Gasteiger partial charge is 0.328 e. The summed E-state index contributed by atoms with van der Waals surface area (Å²) in [6, 6.07) is 8.24. The minimum Gasteiger partial charge on any atom is -0.328 e. The Kier molecular flexibility index (Phi) is 6.95. The van der Waals surface area contributed by atoms with E-state index in [4.69, 9.17) is 5.73 Å². The minimum absolute atomic E-state index is 0.0481. The second kappa shape index (κ2) is 8.23. The zero-order valence-corrected chi connectivity index (χ0v) is 12.8. The van der Waals surface area contributed by atoms with Crippen molar-refractivity contribution in [2.75, 3.05) is 16.8 Å². The lowest BCUT2D eigenvalue weighted by Crippen LogP contribution is -2.17. The molecule has 0 aliphatic carbocycles. The summed E-state index contributed by atoms with van der Waals surface area (Å²) >= 11 is 1.62. The number of benzene rings is 1. The molecule has 1 aromatic rings. The molecule has 3 N–H and O–H groups in total. The van der Waals surface area contributed by atoms with Crippen LogP contribution >= 0.6 is 11.8 Å². The third-order valence-corrected chi connectivity index (χ3v) is 3.80. The zero-order chi connectivity index (χ0) is 14.3. The van der Waals surface area contributed by atoms with Gasteiger partial charge in [-0.2, -0.15) is 11.8 Å². The lowest BCUT2D eigenvalue weighted by molar-refractivity contribution is -0.113. The summed E-state index contributed by atoms with van der Waals surface area (Å²) in [5.74, 6) is 1.97. The van der Waals surface area contributed by atoms with Gasteiger partial charge in [0.25, 0.3) is 0 Å². The summed E-state index contributed by atoms with van der Waals surface area (Å²) in [4.78, 5) is 11.7. The van der Waals surface area contributed by atoms with E-state index in [2.05, 4.69) is 31.3 Å². The smallest absolute Gasteiger partial charge is 0.234 e. The molecule has 1 amide bonds. The van der Waals surface area contributed by atoms with E-state index < -0.39 is 0 Å². The van der Waals surface area contributed by atoms with Crippen molar-refractivity contribution in [2.24, 2.45) is 5.73 Å². The number of hydrogen-bond acceptors (Lipinski definition) is 3. The summed E-state index contributed by atoms with van der Waals surface area (Å²) in [7, 11) is 0. The molecule has 0 saturated heterocycles. The van der Waals surface area contributed by atoms with Crippen LogP contribution in [0.25, 0.3) is 0 Å². The molecule has 0 radical (unpaired) electrons. The quantitative estimate of drug-likeness (QED) is 0.754. The van der Waals surface area contributed by atoms with Crippen LogP contribution in [0.1, 0.15) is 38.7 Å². The van der Waals surface area contributed by atoms with Gasteiger partial charge in [0.2, 0.25) is 5.91 Å². The highest BCUT2D eigenvalue weighted by atomic mass is 32.2. The van der Waals surface area contributed by atoms with Gasteiger partial charge in [0, 0.05) is 11.7 Å². The van der Waals surface area contributed by atoms with E-state index in [0.29, 0.717) is 11.7 Å². The molecular formula is C15H24N2OS. The standard InChI is InChI=1S/C15H24N2OS/c1-11(2)13-4-6-14(7-5-13)17-15(18)10-19-9-8-12(3)16/h4-7,11-12H,8-10,16H2,1-3H3,(H,17,18). The maximum Gasteiger partial charge on any atom is 0.234 e. The minimum atomic E-state index is 0.0481. The van der Waals surface area contributed by atoms with Gasteiger partial charge in [-0.1, -0.05) is 26.0 Å². The van der Waals surface area contributed by atoms with E-state index in [9.17, 15) is 4.79 Å². The second-order valence-electron chi connectivity index (χ2n) is 5.14. The molecule has 0 heterocycles. The van der Waals surface area contributed by atoms with Crippen LogP contribution < -0.4 is 11.1 Å². The molecule has 0 bridgehead atoms. The Morgan fingerprint density at radius 3 is 2.42 bits per heavy atom. The Balaban J connectivity index is 2.32. The van der Waals surface area contributed by atoms with Crippen molar-refractivity contribution in [1.29, 1.82) is 0 Å². The first-order valence-electron chi connectivity index (χ1n) is 6.72. The van der Waals surface area contributed by atoms with Crippen molar-refractivity contribution in [3.8, 4) is 0 Å². The third kappa shape index (κ3) is 6.64.